The third-order valence-electron chi connectivity index (χ3n) is 6.59. The highest BCUT2D eigenvalue weighted by Crippen LogP contribution is 2.47. The molecule has 0 N–H and O–H groups in total. The van der Waals surface area contributed by atoms with Crippen LogP contribution in [0, 0.1) is 6.92 Å². The molecule has 2 nitrogen and oxygen atoms in total. The van der Waals surface area contributed by atoms with Crippen LogP contribution in [-0.2, 0) is 15.6 Å². The number of hydrogen-bond donors (Lipinski definition) is 0. The number of carbonyl (C=O) groups is 1. The van der Waals surface area contributed by atoms with Gasteiger partial charge in [-0.1, -0.05) is 65.0 Å². The molecule has 0 amide bonds. The van der Waals surface area contributed by atoms with E-state index in [1.165, 1.54) is 40.7 Å². The Morgan fingerprint density at radius 2 is 1.57 bits per heavy atom. The first-order valence-corrected chi connectivity index (χ1v) is 11.2. The average molecular weight is 405 g/mol. The summed E-state index contributed by atoms with van der Waals surface area (Å²) < 4.78 is 5.22. The minimum absolute atomic E-state index is 0.202. The summed E-state index contributed by atoms with van der Waals surface area (Å²) in [5.74, 6) is -0.250. The van der Waals surface area contributed by atoms with Crippen molar-refractivity contribution in [2.24, 2.45) is 0 Å². The lowest BCUT2D eigenvalue weighted by Gasteiger charge is -2.42. The van der Waals surface area contributed by atoms with E-state index in [0.29, 0.717) is 12.2 Å². The van der Waals surface area contributed by atoms with Crippen molar-refractivity contribution < 1.29 is 9.53 Å². The molecule has 3 rings (SSSR count). The van der Waals surface area contributed by atoms with Crippen molar-refractivity contribution in [2.75, 3.05) is 6.61 Å². The summed E-state index contributed by atoms with van der Waals surface area (Å²) in [5, 5.41) is 0. The van der Waals surface area contributed by atoms with Crippen LogP contribution in [0.2, 0.25) is 0 Å². The molecule has 0 spiro atoms. The summed E-state index contributed by atoms with van der Waals surface area (Å²) in [4.78, 5) is 12.0. The van der Waals surface area contributed by atoms with Gasteiger partial charge in [0.2, 0.25) is 0 Å². The molecule has 0 aliphatic heterocycles. The largest absolute Gasteiger partial charge is 0.462 e. The van der Waals surface area contributed by atoms with Gasteiger partial charge in [-0.05, 0) is 89.5 Å². The van der Waals surface area contributed by atoms with E-state index in [1.54, 1.807) is 0 Å². The van der Waals surface area contributed by atoms with E-state index in [1.807, 2.05) is 31.2 Å². The van der Waals surface area contributed by atoms with Gasteiger partial charge < -0.3 is 4.74 Å². The first kappa shape index (κ1) is 22.3. The van der Waals surface area contributed by atoms with Crippen LogP contribution in [0.1, 0.15) is 99.0 Å². The molecule has 0 aromatic heterocycles. The number of fused-ring (bicyclic) bond motifs is 1. The lowest BCUT2D eigenvalue weighted by Crippen LogP contribution is -2.34. The highest BCUT2D eigenvalue weighted by atomic mass is 16.5. The van der Waals surface area contributed by atoms with Crippen LogP contribution in [0.25, 0.3) is 11.6 Å². The zero-order valence-electron chi connectivity index (χ0n) is 19.7. The maximum atomic E-state index is 12.0. The zero-order valence-corrected chi connectivity index (χ0v) is 19.7. The predicted octanol–water partition coefficient (Wildman–Crippen LogP) is 7.47. The molecule has 1 aliphatic rings. The molecule has 0 heterocycles. The molecule has 0 bridgehead atoms. The van der Waals surface area contributed by atoms with E-state index in [9.17, 15) is 4.79 Å². The van der Waals surface area contributed by atoms with Crippen LogP contribution in [0.4, 0.5) is 0 Å². The summed E-state index contributed by atoms with van der Waals surface area (Å²) in [5.41, 5.74) is 9.00. The molecule has 2 heteroatoms. The Bertz CT molecular complexity index is 959. The van der Waals surface area contributed by atoms with Crippen LogP contribution in [0.3, 0.4) is 0 Å². The molecule has 0 saturated heterocycles. The Balaban J connectivity index is 1.93. The van der Waals surface area contributed by atoms with Crippen LogP contribution >= 0.6 is 0 Å². The molecule has 30 heavy (non-hydrogen) atoms. The van der Waals surface area contributed by atoms with Crippen molar-refractivity contribution in [3.05, 3.63) is 69.8 Å². The fourth-order valence-electron chi connectivity index (χ4n) is 4.47. The van der Waals surface area contributed by atoms with Gasteiger partial charge in [-0.15, -0.1) is 0 Å². The summed E-state index contributed by atoms with van der Waals surface area (Å²) in [7, 11) is 0. The number of allylic oxidation sites excluding steroid dienone is 1. The Morgan fingerprint density at radius 1 is 1.00 bits per heavy atom. The molecule has 0 fully saturated rings. The van der Waals surface area contributed by atoms with Crippen molar-refractivity contribution in [2.45, 2.75) is 78.6 Å². The Morgan fingerprint density at radius 3 is 2.13 bits per heavy atom. The summed E-state index contributed by atoms with van der Waals surface area (Å²) in [6.45, 7) is 16.3. The van der Waals surface area contributed by atoms with Gasteiger partial charge in [-0.25, -0.2) is 4.79 Å². The fraction of sp³-hybridized carbons (Fsp3) is 0.464. The highest BCUT2D eigenvalue weighted by Gasteiger charge is 2.37. The van der Waals surface area contributed by atoms with Gasteiger partial charge in [0.05, 0.1) is 12.2 Å². The third-order valence-corrected chi connectivity index (χ3v) is 6.59. The van der Waals surface area contributed by atoms with Crippen molar-refractivity contribution in [3.8, 4) is 0 Å². The summed E-state index contributed by atoms with van der Waals surface area (Å²) in [6, 6.07) is 12.5. The fourth-order valence-corrected chi connectivity index (χ4v) is 4.47. The quantitative estimate of drug-likeness (QED) is 0.381. The standard InChI is InChI=1S/C28H36O2/c1-8-15-30-26(29)22-11-9-21(10-12-22)16-19(2)23-18-25-24(17-20(23)3)27(4,5)13-14-28(25,6)7/h9-12,16-18H,8,13-15H2,1-7H3. The van der Waals surface area contributed by atoms with Crippen molar-refractivity contribution in [1.29, 1.82) is 0 Å². The minimum atomic E-state index is -0.250. The molecule has 0 radical (unpaired) electrons. The van der Waals surface area contributed by atoms with Crippen molar-refractivity contribution >= 4 is 17.6 Å². The smallest absolute Gasteiger partial charge is 0.338 e. The second-order valence-electron chi connectivity index (χ2n) is 10.1. The van der Waals surface area contributed by atoms with Gasteiger partial charge in [-0.3, -0.25) is 0 Å². The van der Waals surface area contributed by atoms with Gasteiger partial charge in [0, 0.05) is 0 Å². The van der Waals surface area contributed by atoms with E-state index in [2.05, 4.69) is 59.8 Å². The molecular formula is C28H36O2. The number of esters is 1. The van der Waals surface area contributed by atoms with Crippen LogP contribution < -0.4 is 0 Å². The van der Waals surface area contributed by atoms with Gasteiger partial charge in [0.25, 0.3) is 0 Å². The van der Waals surface area contributed by atoms with Gasteiger partial charge in [0.15, 0.2) is 0 Å². The molecule has 0 unspecified atom stereocenters. The predicted molar refractivity (Wildman–Crippen MR) is 127 cm³/mol. The van der Waals surface area contributed by atoms with E-state index in [0.717, 1.165) is 12.0 Å². The molecule has 0 atom stereocenters. The summed E-state index contributed by atoms with van der Waals surface area (Å²) in [6.07, 6.45) is 5.48. The Kier molecular flexibility index (Phi) is 6.26. The van der Waals surface area contributed by atoms with E-state index >= 15 is 0 Å². The SMILES string of the molecule is CCCOC(=O)c1ccc(C=C(C)c2cc3c(cc2C)C(C)(C)CCC3(C)C)cc1. The number of aryl methyl sites for hydroxylation is 1. The Hall–Kier alpha value is -2.35. The number of hydrogen-bond acceptors (Lipinski definition) is 2. The molecular weight excluding hydrogens is 368 g/mol. The molecule has 2 aromatic carbocycles. The summed E-state index contributed by atoms with van der Waals surface area (Å²) >= 11 is 0. The number of ether oxygens (including phenoxy) is 1. The number of rotatable bonds is 5. The lowest BCUT2D eigenvalue weighted by molar-refractivity contribution is 0.0505. The monoisotopic (exact) mass is 404 g/mol. The van der Waals surface area contributed by atoms with E-state index in [4.69, 9.17) is 4.74 Å². The Labute approximate surface area is 182 Å². The molecule has 2 aromatic rings. The lowest BCUT2D eigenvalue weighted by atomic mass is 9.62. The van der Waals surface area contributed by atoms with Crippen LogP contribution in [0.15, 0.2) is 36.4 Å². The molecule has 1 aliphatic carbocycles. The van der Waals surface area contributed by atoms with Crippen molar-refractivity contribution in [1.82, 2.24) is 0 Å². The first-order chi connectivity index (χ1) is 14.0. The maximum absolute atomic E-state index is 12.0. The van der Waals surface area contributed by atoms with E-state index < -0.39 is 0 Å². The second kappa shape index (κ2) is 8.41. The van der Waals surface area contributed by atoms with Gasteiger partial charge in [0.1, 0.15) is 0 Å². The van der Waals surface area contributed by atoms with Gasteiger partial charge >= 0.3 is 5.97 Å². The first-order valence-electron chi connectivity index (χ1n) is 11.2. The van der Waals surface area contributed by atoms with Gasteiger partial charge in [-0.2, -0.15) is 0 Å². The maximum Gasteiger partial charge on any atom is 0.338 e. The highest BCUT2D eigenvalue weighted by molar-refractivity contribution is 5.90. The third kappa shape index (κ3) is 4.53. The van der Waals surface area contributed by atoms with Crippen molar-refractivity contribution in [3.63, 3.8) is 0 Å². The average Bonchev–Trinajstić information content (AvgIpc) is 2.70. The van der Waals surface area contributed by atoms with E-state index in [-0.39, 0.29) is 16.8 Å². The van der Waals surface area contributed by atoms with Crippen LogP contribution in [-0.4, -0.2) is 12.6 Å². The molecule has 160 valence electrons. The molecule has 0 saturated carbocycles. The minimum Gasteiger partial charge on any atom is -0.462 e. The topological polar surface area (TPSA) is 26.3 Å². The van der Waals surface area contributed by atoms with Crippen LogP contribution in [0.5, 0.6) is 0 Å². The second-order valence-corrected chi connectivity index (χ2v) is 10.1. The normalized spacial score (nSPS) is 17.4. The number of carbonyl (C=O) groups excluding carboxylic acids is 1. The zero-order chi connectivity index (χ0) is 22.1. The number of benzene rings is 2.